The monoisotopic (exact) mass is 412 g/mol. The number of carbonyl (C=O) groups is 1. The van der Waals surface area contributed by atoms with E-state index in [-0.39, 0.29) is 29.1 Å². The number of sulfonamides is 1. The number of benzene rings is 2. The molecule has 0 saturated heterocycles. The van der Waals surface area contributed by atoms with Gasteiger partial charge in [0.1, 0.15) is 6.61 Å². The van der Waals surface area contributed by atoms with Crippen molar-refractivity contribution in [1.29, 1.82) is 0 Å². The summed E-state index contributed by atoms with van der Waals surface area (Å²) in [7, 11) is -3.84. The molecule has 1 amide bonds. The summed E-state index contributed by atoms with van der Waals surface area (Å²) in [6.07, 6.45) is 2.78. The second-order valence-electron chi connectivity index (χ2n) is 6.30. The van der Waals surface area contributed by atoms with Gasteiger partial charge in [-0.15, -0.1) is 0 Å². The van der Waals surface area contributed by atoms with E-state index in [1.807, 2.05) is 13.0 Å². The van der Waals surface area contributed by atoms with E-state index in [1.54, 1.807) is 30.3 Å². The van der Waals surface area contributed by atoms with Gasteiger partial charge in [0.25, 0.3) is 15.9 Å². The number of amides is 1. The molecule has 9 heteroatoms. The van der Waals surface area contributed by atoms with Crippen LogP contribution < -0.4 is 14.8 Å². The zero-order valence-electron chi connectivity index (χ0n) is 15.9. The van der Waals surface area contributed by atoms with Gasteiger partial charge in [-0.05, 0) is 36.8 Å². The second-order valence-corrected chi connectivity index (χ2v) is 7.98. The predicted molar refractivity (Wildman–Crippen MR) is 109 cm³/mol. The minimum absolute atomic E-state index is 0.00825. The molecule has 0 aliphatic rings. The Morgan fingerprint density at radius 3 is 2.52 bits per heavy atom. The average Bonchev–Trinajstić information content (AvgIpc) is 2.67. The van der Waals surface area contributed by atoms with Gasteiger partial charge in [0.05, 0.1) is 4.90 Å². The lowest BCUT2D eigenvalue weighted by Crippen LogP contribution is -2.15. The van der Waals surface area contributed by atoms with E-state index in [9.17, 15) is 13.2 Å². The summed E-state index contributed by atoms with van der Waals surface area (Å²) in [5.74, 6) is -0.135. The first-order valence-electron chi connectivity index (χ1n) is 8.73. The van der Waals surface area contributed by atoms with Crippen LogP contribution in [0.15, 0.2) is 65.8 Å². The van der Waals surface area contributed by atoms with Crippen LogP contribution in [0.25, 0.3) is 0 Å². The third kappa shape index (κ3) is 5.52. The van der Waals surface area contributed by atoms with Crippen LogP contribution in [0, 0.1) is 6.92 Å². The van der Waals surface area contributed by atoms with Gasteiger partial charge in [0.2, 0.25) is 11.7 Å². The summed E-state index contributed by atoms with van der Waals surface area (Å²) >= 11 is 0. The summed E-state index contributed by atoms with van der Waals surface area (Å²) < 4.78 is 33.3. The molecular weight excluding hydrogens is 392 g/mol. The predicted octanol–water partition coefficient (Wildman–Crippen LogP) is 3.12. The van der Waals surface area contributed by atoms with Crippen molar-refractivity contribution in [3.8, 4) is 5.88 Å². The summed E-state index contributed by atoms with van der Waals surface area (Å²) in [6.45, 7) is 3.42. The molecule has 1 heterocycles. The number of hydrogen-bond acceptors (Lipinski definition) is 6. The smallest absolute Gasteiger partial charge is 0.263 e. The van der Waals surface area contributed by atoms with Crippen LogP contribution in [-0.2, 0) is 21.4 Å². The van der Waals surface area contributed by atoms with Crippen molar-refractivity contribution in [1.82, 2.24) is 9.97 Å². The molecule has 0 spiro atoms. The van der Waals surface area contributed by atoms with Gasteiger partial charge >= 0.3 is 0 Å². The first-order chi connectivity index (χ1) is 13.8. The van der Waals surface area contributed by atoms with Crippen LogP contribution in [0.4, 0.5) is 11.5 Å². The third-order valence-electron chi connectivity index (χ3n) is 3.85. The standard InChI is InChI=1S/C20H20N4O4S/c1-14-6-8-18(9-7-14)29(26,27)24-19-20(22-11-10-21-19)28-13-16-4-3-5-17(12-16)23-15(2)25/h3-12H,13H2,1-2H3,(H,21,24)(H,23,25). The SMILES string of the molecule is CC(=O)Nc1cccc(COc2nccnc2NS(=O)(=O)c2ccc(C)cc2)c1. The van der Waals surface area contributed by atoms with Crippen molar-refractivity contribution >= 4 is 27.4 Å². The number of ether oxygens (including phenoxy) is 1. The molecule has 2 aromatic carbocycles. The van der Waals surface area contributed by atoms with Crippen LogP contribution in [0.2, 0.25) is 0 Å². The van der Waals surface area contributed by atoms with Crippen LogP contribution in [-0.4, -0.2) is 24.3 Å². The Bertz CT molecular complexity index is 1120. The largest absolute Gasteiger partial charge is 0.470 e. The van der Waals surface area contributed by atoms with Crippen LogP contribution in [0.1, 0.15) is 18.1 Å². The molecule has 0 atom stereocenters. The van der Waals surface area contributed by atoms with Crippen molar-refractivity contribution in [2.45, 2.75) is 25.3 Å². The van der Waals surface area contributed by atoms with Gasteiger partial charge in [-0.1, -0.05) is 29.8 Å². The van der Waals surface area contributed by atoms with Crippen LogP contribution in [0.5, 0.6) is 5.88 Å². The number of anilines is 2. The van der Waals surface area contributed by atoms with Gasteiger partial charge in [0, 0.05) is 25.0 Å². The lowest BCUT2D eigenvalue weighted by molar-refractivity contribution is -0.114. The van der Waals surface area contributed by atoms with E-state index < -0.39 is 10.0 Å². The highest BCUT2D eigenvalue weighted by atomic mass is 32.2. The van der Waals surface area contributed by atoms with Crippen molar-refractivity contribution < 1.29 is 17.9 Å². The topological polar surface area (TPSA) is 110 Å². The number of carbonyl (C=O) groups excluding carboxylic acids is 1. The molecule has 150 valence electrons. The number of aryl methyl sites for hydroxylation is 1. The maximum atomic E-state index is 12.6. The molecular formula is C20H20N4O4S. The zero-order valence-corrected chi connectivity index (χ0v) is 16.7. The molecule has 3 rings (SSSR count). The van der Waals surface area contributed by atoms with E-state index in [1.165, 1.54) is 31.5 Å². The zero-order chi connectivity index (χ0) is 20.9. The maximum Gasteiger partial charge on any atom is 0.263 e. The quantitative estimate of drug-likeness (QED) is 0.617. The van der Waals surface area contributed by atoms with E-state index in [0.29, 0.717) is 5.69 Å². The molecule has 0 aliphatic heterocycles. The molecule has 0 unspecified atom stereocenters. The van der Waals surface area contributed by atoms with E-state index >= 15 is 0 Å². The highest BCUT2D eigenvalue weighted by Crippen LogP contribution is 2.23. The highest BCUT2D eigenvalue weighted by Gasteiger charge is 2.18. The van der Waals surface area contributed by atoms with Crippen LogP contribution in [0.3, 0.4) is 0 Å². The number of hydrogen-bond donors (Lipinski definition) is 2. The Morgan fingerprint density at radius 1 is 1.07 bits per heavy atom. The van der Waals surface area contributed by atoms with Gasteiger partial charge in [-0.25, -0.2) is 18.4 Å². The van der Waals surface area contributed by atoms with Crippen LogP contribution >= 0.6 is 0 Å². The molecule has 0 aliphatic carbocycles. The summed E-state index contributed by atoms with van der Waals surface area (Å²) in [6, 6.07) is 13.6. The van der Waals surface area contributed by atoms with E-state index in [0.717, 1.165) is 11.1 Å². The molecule has 0 radical (unpaired) electrons. The first-order valence-corrected chi connectivity index (χ1v) is 10.2. The van der Waals surface area contributed by atoms with Gasteiger partial charge < -0.3 is 10.1 Å². The molecule has 8 nitrogen and oxygen atoms in total. The minimum atomic E-state index is -3.84. The molecule has 0 bridgehead atoms. The number of aromatic nitrogens is 2. The lowest BCUT2D eigenvalue weighted by atomic mass is 10.2. The average molecular weight is 412 g/mol. The Labute approximate surface area is 169 Å². The minimum Gasteiger partial charge on any atom is -0.470 e. The van der Waals surface area contributed by atoms with Crippen molar-refractivity contribution in [3.05, 3.63) is 72.1 Å². The fourth-order valence-electron chi connectivity index (χ4n) is 2.50. The second kappa shape index (κ2) is 8.70. The van der Waals surface area contributed by atoms with Crippen molar-refractivity contribution in [2.75, 3.05) is 10.0 Å². The summed E-state index contributed by atoms with van der Waals surface area (Å²) in [4.78, 5) is 19.4. The molecule has 0 saturated carbocycles. The Balaban J connectivity index is 1.76. The Morgan fingerprint density at radius 2 is 1.79 bits per heavy atom. The van der Waals surface area contributed by atoms with Gasteiger partial charge in [-0.2, -0.15) is 0 Å². The lowest BCUT2D eigenvalue weighted by Gasteiger charge is -2.12. The fraction of sp³-hybridized carbons (Fsp3) is 0.150. The summed E-state index contributed by atoms with van der Waals surface area (Å²) in [5, 5.41) is 2.69. The molecule has 2 N–H and O–H groups in total. The normalized spacial score (nSPS) is 11.0. The molecule has 0 fully saturated rings. The first kappa shape index (κ1) is 20.3. The highest BCUT2D eigenvalue weighted by molar-refractivity contribution is 7.92. The van der Waals surface area contributed by atoms with Crippen molar-refractivity contribution in [3.63, 3.8) is 0 Å². The summed E-state index contributed by atoms with van der Waals surface area (Å²) in [5.41, 5.74) is 2.36. The van der Waals surface area contributed by atoms with Gasteiger partial charge in [0.15, 0.2) is 0 Å². The number of rotatable bonds is 7. The number of nitrogens with zero attached hydrogens (tertiary/aromatic N) is 2. The fourth-order valence-corrected chi connectivity index (χ4v) is 3.51. The Hall–Kier alpha value is -3.46. The van der Waals surface area contributed by atoms with E-state index in [4.69, 9.17) is 4.74 Å². The molecule has 29 heavy (non-hydrogen) atoms. The molecule has 1 aromatic heterocycles. The number of nitrogens with one attached hydrogen (secondary N) is 2. The Kier molecular flexibility index (Phi) is 6.08. The van der Waals surface area contributed by atoms with Crippen molar-refractivity contribution in [2.24, 2.45) is 0 Å². The maximum absolute atomic E-state index is 12.6. The van der Waals surface area contributed by atoms with E-state index in [2.05, 4.69) is 20.0 Å². The molecule has 3 aromatic rings. The third-order valence-corrected chi connectivity index (χ3v) is 5.20. The van der Waals surface area contributed by atoms with Gasteiger partial charge in [-0.3, -0.25) is 9.52 Å².